The molecule has 0 radical (unpaired) electrons. The monoisotopic (exact) mass is 451 g/mol. The van der Waals surface area contributed by atoms with E-state index >= 15 is 0 Å². The first kappa shape index (κ1) is 23.2. The van der Waals surface area contributed by atoms with Crippen LogP contribution >= 0.6 is 23.2 Å². The smallest absolute Gasteiger partial charge is 0.306 e. The van der Waals surface area contributed by atoms with Gasteiger partial charge in [0.25, 0.3) is 11.8 Å². The molecule has 0 unspecified atom stereocenters. The summed E-state index contributed by atoms with van der Waals surface area (Å²) in [4.78, 5) is 47.3. The van der Waals surface area contributed by atoms with Crippen LogP contribution in [0.25, 0.3) is 0 Å². The molecule has 0 spiro atoms. The number of benzene rings is 2. The van der Waals surface area contributed by atoms with E-state index in [1.165, 1.54) is 12.1 Å². The van der Waals surface area contributed by atoms with Crippen LogP contribution in [0, 0.1) is 6.92 Å². The number of hydrazine groups is 1. The fourth-order valence-corrected chi connectivity index (χ4v) is 2.66. The van der Waals surface area contributed by atoms with Gasteiger partial charge in [-0.25, -0.2) is 0 Å². The normalized spacial score (nSPS) is 10.1. The molecule has 10 heteroatoms. The number of amides is 3. The van der Waals surface area contributed by atoms with E-state index in [0.717, 1.165) is 0 Å². The number of ether oxygens (including phenoxy) is 1. The molecular weight excluding hydrogens is 433 g/mol. The lowest BCUT2D eigenvalue weighted by atomic mass is 10.2. The van der Waals surface area contributed by atoms with Crippen molar-refractivity contribution >= 4 is 52.6 Å². The number of esters is 1. The molecule has 0 aliphatic rings. The Morgan fingerprint density at radius 1 is 0.867 bits per heavy atom. The molecule has 2 aromatic carbocycles. The van der Waals surface area contributed by atoms with Gasteiger partial charge in [0.2, 0.25) is 5.91 Å². The van der Waals surface area contributed by atoms with Gasteiger partial charge >= 0.3 is 5.97 Å². The Morgan fingerprint density at radius 2 is 1.57 bits per heavy atom. The summed E-state index contributed by atoms with van der Waals surface area (Å²) in [5, 5.41) is 3.32. The fraction of sp³-hybridized carbons (Fsp3) is 0.200. The molecule has 0 atom stereocenters. The summed E-state index contributed by atoms with van der Waals surface area (Å²) in [6.45, 7) is 1.24. The minimum atomic E-state index is -0.736. The molecule has 3 amide bonds. The zero-order chi connectivity index (χ0) is 22.1. The summed E-state index contributed by atoms with van der Waals surface area (Å²) >= 11 is 11.9. The van der Waals surface area contributed by atoms with E-state index in [4.69, 9.17) is 27.9 Å². The molecule has 30 heavy (non-hydrogen) atoms. The van der Waals surface area contributed by atoms with Crippen molar-refractivity contribution in [3.63, 3.8) is 0 Å². The zero-order valence-electron chi connectivity index (χ0n) is 16.0. The number of rotatable bonds is 7. The van der Waals surface area contributed by atoms with Gasteiger partial charge < -0.3 is 10.1 Å². The molecule has 0 aliphatic carbocycles. The average Bonchev–Trinajstić information content (AvgIpc) is 2.72. The number of halogens is 2. The Labute approximate surface area is 182 Å². The summed E-state index contributed by atoms with van der Waals surface area (Å²) in [5.74, 6) is -2.47. The summed E-state index contributed by atoms with van der Waals surface area (Å²) in [5.41, 5.74) is 5.77. The van der Waals surface area contributed by atoms with Crippen LogP contribution < -0.4 is 16.2 Å². The Morgan fingerprint density at radius 3 is 2.30 bits per heavy atom. The third kappa shape index (κ3) is 7.06. The molecule has 3 N–H and O–H groups in total. The highest BCUT2D eigenvalue weighted by Gasteiger charge is 2.14. The lowest BCUT2D eigenvalue weighted by Gasteiger charge is -2.10. The molecular formula is C20H19Cl2N3O5. The highest BCUT2D eigenvalue weighted by Crippen LogP contribution is 2.22. The lowest BCUT2D eigenvalue weighted by molar-refractivity contribution is -0.148. The van der Waals surface area contributed by atoms with Crippen LogP contribution in [0.5, 0.6) is 0 Å². The summed E-state index contributed by atoms with van der Waals surface area (Å²) < 4.78 is 4.84. The van der Waals surface area contributed by atoms with Crippen LogP contribution in [0.4, 0.5) is 5.69 Å². The van der Waals surface area contributed by atoms with Gasteiger partial charge in [0.05, 0.1) is 17.0 Å². The van der Waals surface area contributed by atoms with E-state index < -0.39 is 30.3 Å². The number of nitrogens with one attached hydrogen (secondary N) is 3. The highest BCUT2D eigenvalue weighted by atomic mass is 35.5. The second-order valence-corrected chi connectivity index (χ2v) is 6.92. The first-order chi connectivity index (χ1) is 14.3. The third-order valence-corrected chi connectivity index (χ3v) is 4.64. The van der Waals surface area contributed by atoms with E-state index in [2.05, 4.69) is 16.2 Å². The molecule has 8 nitrogen and oxygen atoms in total. The highest BCUT2D eigenvalue weighted by molar-refractivity contribution is 6.33. The van der Waals surface area contributed by atoms with E-state index in [9.17, 15) is 19.2 Å². The Kier molecular flexibility index (Phi) is 8.64. The van der Waals surface area contributed by atoms with E-state index in [1.807, 2.05) is 0 Å². The third-order valence-electron chi connectivity index (χ3n) is 3.90. The van der Waals surface area contributed by atoms with Gasteiger partial charge in [-0.1, -0.05) is 41.4 Å². The van der Waals surface area contributed by atoms with Crippen LogP contribution in [-0.4, -0.2) is 30.3 Å². The zero-order valence-corrected chi connectivity index (χ0v) is 17.5. The molecule has 0 aliphatic heterocycles. The molecule has 158 valence electrons. The summed E-state index contributed by atoms with van der Waals surface area (Å²) in [7, 11) is 0. The SMILES string of the molecule is Cc1c(Cl)cccc1NC(=O)COC(=O)CCC(=O)NNC(=O)c1ccccc1Cl. The van der Waals surface area contributed by atoms with Crippen molar-refractivity contribution in [3.8, 4) is 0 Å². The number of carbonyl (C=O) groups is 4. The quantitative estimate of drug-likeness (QED) is 0.442. The van der Waals surface area contributed by atoms with Crippen LogP contribution in [0.3, 0.4) is 0 Å². The predicted octanol–water partition coefficient (Wildman–Crippen LogP) is 3.02. The topological polar surface area (TPSA) is 114 Å². The molecule has 2 rings (SSSR count). The molecule has 0 aromatic heterocycles. The molecule has 0 heterocycles. The van der Waals surface area contributed by atoms with Crippen molar-refractivity contribution < 1.29 is 23.9 Å². The number of carbonyl (C=O) groups excluding carboxylic acids is 4. The molecule has 0 saturated heterocycles. The van der Waals surface area contributed by atoms with Crippen molar-refractivity contribution in [2.75, 3.05) is 11.9 Å². The summed E-state index contributed by atoms with van der Waals surface area (Å²) in [6, 6.07) is 11.4. The van der Waals surface area contributed by atoms with Crippen molar-refractivity contribution in [2.45, 2.75) is 19.8 Å². The van der Waals surface area contributed by atoms with Crippen molar-refractivity contribution in [1.82, 2.24) is 10.9 Å². The molecule has 2 aromatic rings. The van der Waals surface area contributed by atoms with Crippen molar-refractivity contribution in [2.24, 2.45) is 0 Å². The van der Waals surface area contributed by atoms with Crippen LogP contribution in [-0.2, 0) is 19.1 Å². The maximum Gasteiger partial charge on any atom is 0.306 e. The van der Waals surface area contributed by atoms with Crippen LogP contribution in [0.15, 0.2) is 42.5 Å². The van der Waals surface area contributed by atoms with Gasteiger partial charge in [-0.05, 0) is 36.8 Å². The molecule has 0 saturated carbocycles. The maximum absolute atomic E-state index is 11.9. The summed E-state index contributed by atoms with van der Waals surface area (Å²) in [6.07, 6.45) is -0.506. The van der Waals surface area contributed by atoms with E-state index in [-0.39, 0.29) is 23.4 Å². The minimum Gasteiger partial charge on any atom is -0.456 e. The van der Waals surface area contributed by atoms with Crippen molar-refractivity contribution in [1.29, 1.82) is 0 Å². The van der Waals surface area contributed by atoms with E-state index in [0.29, 0.717) is 16.3 Å². The lowest BCUT2D eigenvalue weighted by Crippen LogP contribution is -2.41. The molecule has 0 fully saturated rings. The van der Waals surface area contributed by atoms with Crippen LogP contribution in [0.2, 0.25) is 10.0 Å². The Balaban J connectivity index is 1.68. The van der Waals surface area contributed by atoms with Gasteiger partial charge in [-0.2, -0.15) is 0 Å². The fourth-order valence-electron chi connectivity index (χ4n) is 2.26. The number of hydrogen-bond donors (Lipinski definition) is 3. The first-order valence-electron chi connectivity index (χ1n) is 8.82. The second kappa shape index (κ2) is 11.2. The van der Waals surface area contributed by atoms with Gasteiger partial charge in [0, 0.05) is 17.1 Å². The van der Waals surface area contributed by atoms with Gasteiger partial charge in [0.15, 0.2) is 6.61 Å². The standard InChI is InChI=1S/C20H19Cl2N3O5/c1-12-14(21)7-4-8-16(12)23-18(27)11-30-19(28)10-9-17(26)24-25-20(29)13-5-2-3-6-15(13)22/h2-8H,9-11H2,1H3,(H,23,27)(H,24,26)(H,25,29). The Bertz CT molecular complexity index is 965. The van der Waals surface area contributed by atoms with Gasteiger partial charge in [-0.15, -0.1) is 0 Å². The first-order valence-corrected chi connectivity index (χ1v) is 9.58. The Hall–Kier alpha value is -3.10. The minimum absolute atomic E-state index is 0.194. The predicted molar refractivity (Wildman–Crippen MR) is 112 cm³/mol. The molecule has 0 bridgehead atoms. The second-order valence-electron chi connectivity index (χ2n) is 6.10. The number of hydrogen-bond acceptors (Lipinski definition) is 5. The van der Waals surface area contributed by atoms with Crippen LogP contribution in [0.1, 0.15) is 28.8 Å². The van der Waals surface area contributed by atoms with Crippen molar-refractivity contribution in [3.05, 3.63) is 63.6 Å². The van der Waals surface area contributed by atoms with Gasteiger partial charge in [-0.3, -0.25) is 30.0 Å². The average molecular weight is 452 g/mol. The van der Waals surface area contributed by atoms with Gasteiger partial charge in [0.1, 0.15) is 0 Å². The maximum atomic E-state index is 11.9. The van der Waals surface area contributed by atoms with E-state index in [1.54, 1.807) is 37.3 Å². The number of anilines is 1. The largest absolute Gasteiger partial charge is 0.456 e.